The average molecular weight is 282 g/mol. The molecule has 2 rings (SSSR count). The lowest BCUT2D eigenvalue weighted by Crippen LogP contribution is -2.47. The summed E-state index contributed by atoms with van der Waals surface area (Å²) in [7, 11) is 0. The lowest BCUT2D eigenvalue weighted by Gasteiger charge is -2.30. The summed E-state index contributed by atoms with van der Waals surface area (Å²) in [5.41, 5.74) is 0. The normalized spacial score (nSPS) is 19.1. The van der Waals surface area contributed by atoms with Crippen LogP contribution in [0.15, 0.2) is 22.8 Å². The number of carbonyl (C=O) groups excluding carboxylic acids is 1. The Morgan fingerprint density at radius 1 is 1.60 bits per heavy atom. The predicted molar refractivity (Wildman–Crippen MR) is 73.2 cm³/mol. The number of aliphatic hydroxyl groups is 1. The molecule has 0 saturated carbocycles. The largest absolute Gasteiger partial charge is 0.467 e. The van der Waals surface area contributed by atoms with Crippen molar-refractivity contribution in [3.8, 4) is 0 Å². The standard InChI is InChI=1S/C14H22N2O4/c17-12-4-1-7-16(10-12)14(18)15-6-3-8-19-11-13-5-2-9-20-13/h2,5,9,12,17H,1,3-4,6-8,10-11H2,(H,15,18). The molecule has 2 amide bonds. The Morgan fingerprint density at radius 3 is 3.25 bits per heavy atom. The molecule has 1 saturated heterocycles. The molecule has 2 heterocycles. The van der Waals surface area contributed by atoms with E-state index in [1.54, 1.807) is 11.2 Å². The van der Waals surface area contributed by atoms with E-state index in [1.807, 2.05) is 12.1 Å². The van der Waals surface area contributed by atoms with E-state index < -0.39 is 0 Å². The van der Waals surface area contributed by atoms with E-state index in [0.29, 0.717) is 26.3 Å². The highest BCUT2D eigenvalue weighted by Crippen LogP contribution is 2.09. The molecule has 0 aromatic carbocycles. The van der Waals surface area contributed by atoms with E-state index in [2.05, 4.69) is 5.32 Å². The summed E-state index contributed by atoms with van der Waals surface area (Å²) in [5.74, 6) is 0.802. The molecule has 112 valence electrons. The molecule has 0 radical (unpaired) electrons. The fourth-order valence-corrected chi connectivity index (χ4v) is 2.19. The van der Waals surface area contributed by atoms with Gasteiger partial charge in [0.25, 0.3) is 0 Å². The van der Waals surface area contributed by atoms with E-state index in [0.717, 1.165) is 31.6 Å². The highest BCUT2D eigenvalue weighted by atomic mass is 16.5. The lowest BCUT2D eigenvalue weighted by molar-refractivity contribution is 0.0829. The van der Waals surface area contributed by atoms with Crippen LogP contribution in [-0.2, 0) is 11.3 Å². The molecule has 20 heavy (non-hydrogen) atoms. The van der Waals surface area contributed by atoms with Crippen molar-refractivity contribution < 1.29 is 19.1 Å². The van der Waals surface area contributed by atoms with Crippen LogP contribution >= 0.6 is 0 Å². The number of rotatable bonds is 6. The third-order valence-electron chi connectivity index (χ3n) is 3.25. The number of hydrogen-bond donors (Lipinski definition) is 2. The zero-order valence-electron chi connectivity index (χ0n) is 11.6. The van der Waals surface area contributed by atoms with Crippen LogP contribution in [0.1, 0.15) is 25.0 Å². The van der Waals surface area contributed by atoms with Crippen molar-refractivity contribution >= 4 is 6.03 Å². The molecule has 1 aromatic heterocycles. The van der Waals surface area contributed by atoms with Gasteiger partial charge in [0, 0.05) is 26.2 Å². The molecular weight excluding hydrogens is 260 g/mol. The van der Waals surface area contributed by atoms with E-state index in [-0.39, 0.29) is 12.1 Å². The number of carbonyl (C=O) groups is 1. The Labute approximate surface area is 118 Å². The topological polar surface area (TPSA) is 74.9 Å². The highest BCUT2D eigenvalue weighted by molar-refractivity contribution is 5.74. The lowest BCUT2D eigenvalue weighted by atomic mass is 10.1. The van der Waals surface area contributed by atoms with Crippen molar-refractivity contribution in [2.45, 2.75) is 32.0 Å². The number of nitrogens with zero attached hydrogens (tertiary/aromatic N) is 1. The van der Waals surface area contributed by atoms with Gasteiger partial charge in [-0.1, -0.05) is 0 Å². The fourth-order valence-electron chi connectivity index (χ4n) is 2.19. The third-order valence-corrected chi connectivity index (χ3v) is 3.25. The van der Waals surface area contributed by atoms with Gasteiger partial charge >= 0.3 is 6.03 Å². The molecule has 0 aliphatic carbocycles. The maximum absolute atomic E-state index is 11.8. The number of furan rings is 1. The van der Waals surface area contributed by atoms with Crippen LogP contribution in [0.25, 0.3) is 0 Å². The zero-order valence-corrected chi connectivity index (χ0v) is 11.6. The van der Waals surface area contributed by atoms with Gasteiger partial charge in [0.05, 0.1) is 12.4 Å². The number of ether oxygens (including phenoxy) is 1. The average Bonchev–Trinajstić information content (AvgIpc) is 2.95. The second kappa shape index (κ2) is 7.91. The van der Waals surface area contributed by atoms with Gasteiger partial charge in [0.2, 0.25) is 0 Å². The van der Waals surface area contributed by atoms with E-state index in [4.69, 9.17) is 9.15 Å². The van der Waals surface area contributed by atoms with Gasteiger partial charge in [-0.25, -0.2) is 4.79 Å². The third kappa shape index (κ3) is 4.86. The molecule has 0 bridgehead atoms. The fraction of sp³-hybridized carbons (Fsp3) is 0.643. The number of likely N-dealkylation sites (tertiary alicyclic amines) is 1. The number of aliphatic hydroxyl groups excluding tert-OH is 1. The van der Waals surface area contributed by atoms with Crippen LogP contribution in [0, 0.1) is 0 Å². The van der Waals surface area contributed by atoms with Crippen LogP contribution in [-0.4, -0.2) is 48.4 Å². The molecule has 6 nitrogen and oxygen atoms in total. The van der Waals surface area contributed by atoms with Crippen molar-refractivity contribution in [3.05, 3.63) is 24.2 Å². The Hall–Kier alpha value is -1.53. The summed E-state index contributed by atoms with van der Waals surface area (Å²) >= 11 is 0. The number of amides is 2. The van der Waals surface area contributed by atoms with E-state index in [1.165, 1.54) is 0 Å². The Morgan fingerprint density at radius 2 is 2.50 bits per heavy atom. The van der Waals surface area contributed by atoms with Crippen molar-refractivity contribution in [2.75, 3.05) is 26.2 Å². The van der Waals surface area contributed by atoms with Crippen molar-refractivity contribution in [2.24, 2.45) is 0 Å². The molecule has 1 fully saturated rings. The SMILES string of the molecule is O=C(NCCCOCc1ccco1)N1CCCC(O)C1. The summed E-state index contributed by atoms with van der Waals surface area (Å²) in [6.07, 6.45) is 3.63. The summed E-state index contributed by atoms with van der Waals surface area (Å²) in [6.45, 7) is 2.76. The first-order chi connectivity index (χ1) is 9.75. The molecular formula is C14H22N2O4. The zero-order chi connectivity index (χ0) is 14.2. The smallest absolute Gasteiger partial charge is 0.317 e. The first kappa shape index (κ1) is 14.9. The minimum Gasteiger partial charge on any atom is -0.467 e. The molecule has 0 spiro atoms. The molecule has 1 aliphatic rings. The minimum atomic E-state index is -0.383. The second-order valence-corrected chi connectivity index (χ2v) is 4.96. The van der Waals surface area contributed by atoms with Gasteiger partial charge in [-0.3, -0.25) is 0 Å². The minimum absolute atomic E-state index is 0.102. The molecule has 2 N–H and O–H groups in total. The van der Waals surface area contributed by atoms with E-state index in [9.17, 15) is 9.90 Å². The monoisotopic (exact) mass is 282 g/mol. The number of β-amino-alcohol motifs (C(OH)–C–C–N with tert-alkyl or cyclic N) is 1. The predicted octanol–water partition coefficient (Wildman–Crippen LogP) is 1.35. The number of piperidine rings is 1. The number of nitrogens with one attached hydrogen (secondary N) is 1. The second-order valence-electron chi connectivity index (χ2n) is 4.96. The molecule has 1 unspecified atom stereocenters. The summed E-state index contributed by atoms with van der Waals surface area (Å²) in [4.78, 5) is 13.5. The van der Waals surface area contributed by atoms with Gasteiger partial charge in [0.15, 0.2) is 0 Å². The Balaban J connectivity index is 1.51. The van der Waals surface area contributed by atoms with Crippen LogP contribution in [0.3, 0.4) is 0 Å². The van der Waals surface area contributed by atoms with Crippen molar-refractivity contribution in [1.29, 1.82) is 0 Å². The molecule has 1 aliphatic heterocycles. The number of hydrogen-bond acceptors (Lipinski definition) is 4. The molecule has 1 aromatic rings. The van der Waals surface area contributed by atoms with Crippen LogP contribution < -0.4 is 5.32 Å². The summed E-state index contributed by atoms with van der Waals surface area (Å²) in [5, 5.41) is 12.3. The Bertz CT molecular complexity index is 394. The first-order valence-electron chi connectivity index (χ1n) is 7.06. The quantitative estimate of drug-likeness (QED) is 0.772. The van der Waals surface area contributed by atoms with Gasteiger partial charge in [-0.15, -0.1) is 0 Å². The van der Waals surface area contributed by atoms with Crippen LogP contribution in [0.4, 0.5) is 4.79 Å². The maximum Gasteiger partial charge on any atom is 0.317 e. The number of urea groups is 1. The maximum atomic E-state index is 11.8. The van der Waals surface area contributed by atoms with Gasteiger partial charge in [-0.2, -0.15) is 0 Å². The summed E-state index contributed by atoms with van der Waals surface area (Å²) < 4.78 is 10.6. The first-order valence-corrected chi connectivity index (χ1v) is 7.06. The van der Waals surface area contributed by atoms with Crippen LogP contribution in [0.5, 0.6) is 0 Å². The van der Waals surface area contributed by atoms with Crippen molar-refractivity contribution in [1.82, 2.24) is 10.2 Å². The van der Waals surface area contributed by atoms with Crippen molar-refractivity contribution in [3.63, 3.8) is 0 Å². The highest BCUT2D eigenvalue weighted by Gasteiger charge is 2.21. The van der Waals surface area contributed by atoms with Gasteiger partial charge < -0.3 is 24.5 Å². The van der Waals surface area contributed by atoms with Crippen LogP contribution in [0.2, 0.25) is 0 Å². The Kier molecular flexibility index (Phi) is 5.88. The van der Waals surface area contributed by atoms with Gasteiger partial charge in [-0.05, 0) is 31.4 Å². The molecule has 6 heteroatoms. The summed E-state index contributed by atoms with van der Waals surface area (Å²) in [6, 6.07) is 3.59. The van der Waals surface area contributed by atoms with E-state index >= 15 is 0 Å². The molecule has 1 atom stereocenters. The van der Waals surface area contributed by atoms with Gasteiger partial charge in [0.1, 0.15) is 12.4 Å².